The van der Waals surface area contributed by atoms with Crippen molar-refractivity contribution in [1.82, 2.24) is 0 Å². The van der Waals surface area contributed by atoms with Crippen LogP contribution in [0.25, 0.3) is 0 Å². The highest BCUT2D eigenvalue weighted by molar-refractivity contribution is 6.38. The van der Waals surface area contributed by atoms with E-state index in [1.807, 2.05) is 6.92 Å². The molecule has 1 unspecified atom stereocenters. The van der Waals surface area contributed by atoms with Crippen molar-refractivity contribution in [2.75, 3.05) is 0 Å². The van der Waals surface area contributed by atoms with E-state index >= 15 is 0 Å². The third-order valence-corrected chi connectivity index (χ3v) is 1.22. The van der Waals surface area contributed by atoms with Crippen LogP contribution in [-0.2, 0) is 9.59 Å². The van der Waals surface area contributed by atoms with Crippen LogP contribution in [0.2, 0.25) is 0 Å². The molecule has 0 aromatic heterocycles. The Balaban J connectivity index is 3.58. The minimum Gasteiger partial charge on any atom is -0.298 e. The van der Waals surface area contributed by atoms with Crippen LogP contribution in [0.3, 0.4) is 0 Å². The summed E-state index contributed by atoms with van der Waals surface area (Å²) in [6.45, 7) is 1.85. The Bertz CT molecular complexity index is 112. The molecule has 1 atom stereocenters. The molecule has 0 aliphatic carbocycles. The van der Waals surface area contributed by atoms with Gasteiger partial charge in [-0.25, -0.2) is 0 Å². The van der Waals surface area contributed by atoms with Crippen molar-refractivity contribution in [3.8, 4) is 0 Å². The van der Waals surface area contributed by atoms with Crippen LogP contribution < -0.4 is 0 Å². The van der Waals surface area contributed by atoms with Crippen LogP contribution in [0.5, 0.6) is 0 Å². The Labute approximate surface area is 59.2 Å². The van der Waals surface area contributed by atoms with Crippen molar-refractivity contribution in [2.24, 2.45) is 0 Å². The lowest BCUT2D eigenvalue weighted by atomic mass is 10.2. The van der Waals surface area contributed by atoms with Gasteiger partial charge in [0.1, 0.15) is 0 Å². The van der Waals surface area contributed by atoms with Crippen LogP contribution in [0.15, 0.2) is 0 Å². The molecule has 0 aliphatic heterocycles. The van der Waals surface area contributed by atoms with Gasteiger partial charge in [0.2, 0.25) is 6.29 Å². The van der Waals surface area contributed by atoms with Gasteiger partial charge in [0.15, 0.2) is 11.2 Å². The van der Waals surface area contributed by atoms with Crippen molar-refractivity contribution in [3.63, 3.8) is 0 Å². The molecule has 0 bridgehead atoms. The minimum absolute atomic E-state index is 0.242. The van der Waals surface area contributed by atoms with E-state index in [1.54, 1.807) is 0 Å². The van der Waals surface area contributed by atoms with Gasteiger partial charge in [-0.15, -0.1) is 11.6 Å². The van der Waals surface area contributed by atoms with Gasteiger partial charge in [-0.1, -0.05) is 6.92 Å². The highest BCUT2D eigenvalue weighted by atomic mass is 35.5. The molecule has 0 saturated carbocycles. The quantitative estimate of drug-likeness (QED) is 0.441. The van der Waals surface area contributed by atoms with Crippen molar-refractivity contribution >= 4 is 23.7 Å². The van der Waals surface area contributed by atoms with Gasteiger partial charge >= 0.3 is 0 Å². The number of hydrogen-bond donors (Lipinski definition) is 0. The largest absolute Gasteiger partial charge is 0.298 e. The Morgan fingerprint density at radius 3 is 2.67 bits per heavy atom. The summed E-state index contributed by atoms with van der Waals surface area (Å²) in [7, 11) is 0. The van der Waals surface area contributed by atoms with Gasteiger partial charge in [-0.2, -0.15) is 0 Å². The first kappa shape index (κ1) is 8.63. The first-order valence-electron chi connectivity index (χ1n) is 2.76. The summed E-state index contributed by atoms with van der Waals surface area (Å²) in [5, 5.41) is -1.05. The van der Waals surface area contributed by atoms with Crippen LogP contribution in [-0.4, -0.2) is 17.4 Å². The molecule has 3 heteroatoms. The number of hydrogen-bond acceptors (Lipinski definition) is 2. The second-order valence-corrected chi connectivity index (χ2v) is 2.13. The maximum Gasteiger partial charge on any atom is 0.225 e. The van der Waals surface area contributed by atoms with Crippen LogP contribution in [0, 0.1) is 0 Å². The summed E-state index contributed by atoms with van der Waals surface area (Å²) in [4.78, 5) is 20.3. The second kappa shape index (κ2) is 4.50. The van der Waals surface area contributed by atoms with E-state index in [-0.39, 0.29) is 5.78 Å². The predicted molar refractivity (Wildman–Crippen MR) is 35.2 cm³/mol. The van der Waals surface area contributed by atoms with E-state index in [4.69, 9.17) is 11.6 Å². The van der Waals surface area contributed by atoms with Crippen LogP contribution in [0.4, 0.5) is 0 Å². The van der Waals surface area contributed by atoms with Crippen molar-refractivity contribution in [2.45, 2.75) is 25.1 Å². The number of carbonyl (C=O) groups is 1. The zero-order valence-electron chi connectivity index (χ0n) is 5.19. The molecular weight excluding hydrogens is 140 g/mol. The van der Waals surface area contributed by atoms with Gasteiger partial charge < -0.3 is 0 Å². The number of rotatable bonds is 4. The molecular formula is C6H8ClO2. The van der Waals surface area contributed by atoms with E-state index in [0.717, 1.165) is 6.42 Å². The molecule has 0 N–H and O–H groups in total. The van der Waals surface area contributed by atoms with Gasteiger partial charge in [0.25, 0.3) is 0 Å². The average Bonchev–Trinajstić information content (AvgIpc) is 1.87. The van der Waals surface area contributed by atoms with Crippen molar-refractivity contribution in [1.29, 1.82) is 0 Å². The van der Waals surface area contributed by atoms with Crippen molar-refractivity contribution in [3.05, 3.63) is 0 Å². The zero-order chi connectivity index (χ0) is 7.28. The molecule has 0 fully saturated rings. The maximum atomic E-state index is 10.6. The molecule has 51 valence electrons. The normalized spacial score (nSPS) is 12.7. The molecule has 0 heterocycles. The monoisotopic (exact) mass is 147 g/mol. The van der Waals surface area contributed by atoms with E-state index in [2.05, 4.69) is 0 Å². The maximum absolute atomic E-state index is 10.6. The number of Topliss-reactive ketones (excluding diaryl/α,β-unsaturated/α-hetero) is 1. The molecule has 2 nitrogen and oxygen atoms in total. The molecule has 1 radical (unpaired) electrons. The molecule has 0 aromatic carbocycles. The highest BCUT2D eigenvalue weighted by Gasteiger charge is 2.12. The summed E-state index contributed by atoms with van der Waals surface area (Å²) in [5.74, 6) is -0.242. The number of alkyl halides is 1. The van der Waals surface area contributed by atoms with Crippen LogP contribution >= 0.6 is 11.6 Å². The van der Waals surface area contributed by atoms with Gasteiger partial charge in [0.05, 0.1) is 0 Å². The fraction of sp³-hybridized carbons (Fsp3) is 0.667. The highest BCUT2D eigenvalue weighted by Crippen LogP contribution is 1.99. The minimum atomic E-state index is -1.05. The van der Waals surface area contributed by atoms with E-state index < -0.39 is 5.38 Å². The van der Waals surface area contributed by atoms with Gasteiger partial charge in [-0.3, -0.25) is 9.59 Å². The second-order valence-electron chi connectivity index (χ2n) is 1.70. The molecule has 0 amide bonds. The summed E-state index contributed by atoms with van der Waals surface area (Å²) >= 11 is 5.22. The fourth-order valence-electron chi connectivity index (χ4n) is 0.439. The topological polar surface area (TPSA) is 34.1 Å². The van der Waals surface area contributed by atoms with Gasteiger partial charge in [-0.05, 0) is 6.42 Å². The SMILES string of the molecule is CCCC(=O)C(Cl)[C]=O. The summed E-state index contributed by atoms with van der Waals surface area (Å²) in [6.07, 6.45) is 2.51. The predicted octanol–water partition coefficient (Wildman–Crippen LogP) is 1.07. The third-order valence-electron chi connectivity index (χ3n) is 0.883. The zero-order valence-corrected chi connectivity index (χ0v) is 5.94. The third kappa shape index (κ3) is 3.25. The molecule has 9 heavy (non-hydrogen) atoms. The lowest BCUT2D eigenvalue weighted by Crippen LogP contribution is -2.14. The number of ketones is 1. The van der Waals surface area contributed by atoms with E-state index in [1.165, 1.54) is 6.29 Å². The average molecular weight is 148 g/mol. The van der Waals surface area contributed by atoms with E-state index in [0.29, 0.717) is 6.42 Å². The smallest absolute Gasteiger partial charge is 0.225 e. The lowest BCUT2D eigenvalue weighted by Gasteiger charge is -1.94. The van der Waals surface area contributed by atoms with Crippen LogP contribution in [0.1, 0.15) is 19.8 Å². The number of halogens is 1. The van der Waals surface area contributed by atoms with Crippen molar-refractivity contribution < 1.29 is 9.59 Å². The Hall–Kier alpha value is -0.370. The molecule has 0 aromatic rings. The first-order chi connectivity index (χ1) is 4.22. The molecule has 0 saturated heterocycles. The molecule has 0 rings (SSSR count). The Kier molecular flexibility index (Phi) is 4.32. The van der Waals surface area contributed by atoms with E-state index in [9.17, 15) is 9.59 Å². The summed E-state index contributed by atoms with van der Waals surface area (Å²) in [5.41, 5.74) is 0. The molecule has 0 aliphatic rings. The Morgan fingerprint density at radius 2 is 2.33 bits per heavy atom. The Morgan fingerprint density at radius 1 is 1.78 bits per heavy atom. The lowest BCUT2D eigenvalue weighted by molar-refractivity contribution is -0.117. The summed E-state index contributed by atoms with van der Waals surface area (Å²) in [6, 6.07) is 0. The molecule has 0 spiro atoms. The fourth-order valence-corrected chi connectivity index (χ4v) is 0.548. The summed E-state index contributed by atoms with van der Waals surface area (Å²) < 4.78 is 0. The van der Waals surface area contributed by atoms with Gasteiger partial charge in [0, 0.05) is 6.42 Å². The standard InChI is InChI=1S/C6H8ClO2/c1-2-3-6(9)5(7)4-8/h5H,2-3H2,1H3. The first-order valence-corrected chi connectivity index (χ1v) is 3.20. The number of carbonyl (C=O) groups excluding carboxylic acids is 2.